The number of carbonyl (C=O) groups excluding carboxylic acids is 1. The van der Waals surface area contributed by atoms with Crippen LogP contribution in [0.25, 0.3) is 0 Å². The van der Waals surface area contributed by atoms with Gasteiger partial charge in [-0.15, -0.1) is 0 Å². The summed E-state index contributed by atoms with van der Waals surface area (Å²) in [6, 6.07) is 3.10. The molecule has 0 aliphatic rings. The third-order valence-corrected chi connectivity index (χ3v) is 3.41. The Balaban J connectivity index is 2.10. The quantitative estimate of drug-likeness (QED) is 0.941. The van der Waals surface area contributed by atoms with Gasteiger partial charge in [-0.25, -0.2) is 14.1 Å². The van der Waals surface area contributed by atoms with Crippen molar-refractivity contribution in [1.29, 1.82) is 0 Å². The van der Waals surface area contributed by atoms with Gasteiger partial charge in [-0.3, -0.25) is 4.79 Å². The highest BCUT2D eigenvalue weighted by molar-refractivity contribution is 5.94. The van der Waals surface area contributed by atoms with Crippen molar-refractivity contribution in [3.05, 3.63) is 46.8 Å². The Morgan fingerprint density at radius 2 is 2.10 bits per heavy atom. The van der Waals surface area contributed by atoms with Crippen molar-refractivity contribution in [2.75, 3.05) is 0 Å². The summed E-state index contributed by atoms with van der Waals surface area (Å²) >= 11 is 0. The molecule has 1 aromatic carbocycles. The molecule has 0 radical (unpaired) electrons. The van der Waals surface area contributed by atoms with Gasteiger partial charge in [0.05, 0.1) is 6.54 Å². The first-order valence-electron chi connectivity index (χ1n) is 6.83. The number of rotatable bonds is 4. The van der Waals surface area contributed by atoms with Gasteiger partial charge in [-0.05, 0) is 51.0 Å². The fourth-order valence-electron chi connectivity index (χ4n) is 2.04. The molecule has 0 saturated carbocycles. The van der Waals surface area contributed by atoms with Gasteiger partial charge in [0.1, 0.15) is 18.0 Å². The fraction of sp³-hybridized carbons (Fsp3) is 0.400. The number of hydrogen-bond donors (Lipinski definition) is 1. The third kappa shape index (κ3) is 3.26. The second-order valence-corrected chi connectivity index (χ2v) is 5.30. The molecule has 1 heterocycles. The van der Waals surface area contributed by atoms with Crippen LogP contribution in [0.3, 0.4) is 0 Å². The van der Waals surface area contributed by atoms with Crippen LogP contribution in [0.2, 0.25) is 0 Å². The topological polar surface area (TPSA) is 59.8 Å². The molecule has 2 rings (SSSR count). The smallest absolute Gasteiger partial charge is 0.251 e. The molecule has 2 aromatic rings. The summed E-state index contributed by atoms with van der Waals surface area (Å²) in [6.07, 6.45) is 1.46. The fourth-order valence-corrected chi connectivity index (χ4v) is 2.04. The number of aromatic nitrogens is 3. The number of aryl methyl sites for hydroxylation is 1. The van der Waals surface area contributed by atoms with E-state index in [1.807, 2.05) is 13.8 Å². The number of hydrogen-bond acceptors (Lipinski definition) is 3. The predicted octanol–water partition coefficient (Wildman–Crippen LogP) is 2.54. The maximum absolute atomic E-state index is 13.7. The molecule has 1 aromatic heterocycles. The van der Waals surface area contributed by atoms with Crippen molar-refractivity contribution in [1.82, 2.24) is 20.1 Å². The highest BCUT2D eigenvalue weighted by Crippen LogP contribution is 2.15. The van der Waals surface area contributed by atoms with Crippen LogP contribution in [0.1, 0.15) is 47.2 Å². The first kappa shape index (κ1) is 15.2. The van der Waals surface area contributed by atoms with Gasteiger partial charge in [0.15, 0.2) is 0 Å². The van der Waals surface area contributed by atoms with Gasteiger partial charge in [0.25, 0.3) is 5.91 Å². The number of benzene rings is 1. The molecule has 0 bridgehead atoms. The van der Waals surface area contributed by atoms with Crippen molar-refractivity contribution in [2.45, 2.75) is 40.3 Å². The normalized spacial score (nSPS) is 11.0. The summed E-state index contributed by atoms with van der Waals surface area (Å²) in [7, 11) is 0. The van der Waals surface area contributed by atoms with Gasteiger partial charge in [0.2, 0.25) is 0 Å². The Bertz CT molecular complexity index is 640. The maximum atomic E-state index is 13.7. The minimum atomic E-state index is -0.370. The third-order valence-electron chi connectivity index (χ3n) is 3.41. The van der Waals surface area contributed by atoms with Crippen LogP contribution in [0.15, 0.2) is 18.5 Å². The monoisotopic (exact) mass is 290 g/mol. The molecule has 1 N–H and O–H groups in total. The number of nitrogens with one attached hydrogen (secondary N) is 1. The van der Waals surface area contributed by atoms with Crippen LogP contribution in [-0.4, -0.2) is 20.7 Å². The van der Waals surface area contributed by atoms with Gasteiger partial charge in [-0.1, -0.05) is 0 Å². The molecule has 0 saturated heterocycles. The van der Waals surface area contributed by atoms with E-state index in [0.717, 1.165) is 5.56 Å². The van der Waals surface area contributed by atoms with E-state index in [-0.39, 0.29) is 24.3 Å². The lowest BCUT2D eigenvalue weighted by Crippen LogP contribution is -2.25. The van der Waals surface area contributed by atoms with E-state index in [1.165, 1.54) is 12.4 Å². The standard InChI is InChI=1S/C15H19FN4O/c1-9(2)20-14(18-8-19-20)7-17-15(21)12-5-10(3)11(4)13(16)6-12/h5-6,8-9H,7H2,1-4H3,(H,17,21). The summed E-state index contributed by atoms with van der Waals surface area (Å²) in [4.78, 5) is 16.2. The Morgan fingerprint density at radius 3 is 2.71 bits per heavy atom. The first-order valence-corrected chi connectivity index (χ1v) is 6.83. The van der Waals surface area contributed by atoms with E-state index in [4.69, 9.17) is 0 Å². The van der Waals surface area contributed by atoms with Crippen LogP contribution in [-0.2, 0) is 6.54 Å². The van der Waals surface area contributed by atoms with E-state index in [0.29, 0.717) is 17.0 Å². The number of amides is 1. The number of nitrogens with zero attached hydrogens (tertiary/aromatic N) is 3. The second kappa shape index (κ2) is 6.03. The molecule has 1 amide bonds. The second-order valence-electron chi connectivity index (χ2n) is 5.30. The molecular weight excluding hydrogens is 271 g/mol. The van der Waals surface area contributed by atoms with E-state index in [2.05, 4.69) is 15.4 Å². The summed E-state index contributed by atoms with van der Waals surface area (Å²) in [5, 5.41) is 6.84. The minimum Gasteiger partial charge on any atom is -0.345 e. The van der Waals surface area contributed by atoms with Crippen molar-refractivity contribution in [3.8, 4) is 0 Å². The molecule has 0 aliphatic carbocycles. The highest BCUT2D eigenvalue weighted by atomic mass is 19.1. The summed E-state index contributed by atoms with van der Waals surface area (Å²) in [5.41, 5.74) is 1.63. The molecule has 21 heavy (non-hydrogen) atoms. The summed E-state index contributed by atoms with van der Waals surface area (Å²) in [5.74, 6) is -0.0246. The summed E-state index contributed by atoms with van der Waals surface area (Å²) < 4.78 is 15.4. The van der Waals surface area contributed by atoms with E-state index in [9.17, 15) is 9.18 Å². The first-order chi connectivity index (χ1) is 9.90. The number of carbonyl (C=O) groups is 1. The average Bonchev–Trinajstić information content (AvgIpc) is 2.90. The van der Waals surface area contributed by atoms with E-state index < -0.39 is 0 Å². The van der Waals surface area contributed by atoms with Gasteiger partial charge >= 0.3 is 0 Å². The lowest BCUT2D eigenvalue weighted by atomic mass is 10.1. The Hall–Kier alpha value is -2.24. The maximum Gasteiger partial charge on any atom is 0.251 e. The van der Waals surface area contributed by atoms with E-state index in [1.54, 1.807) is 24.6 Å². The van der Waals surface area contributed by atoms with Gasteiger partial charge in [0, 0.05) is 11.6 Å². The lowest BCUT2D eigenvalue weighted by Gasteiger charge is -2.11. The van der Waals surface area contributed by atoms with Crippen molar-refractivity contribution in [3.63, 3.8) is 0 Å². The van der Waals surface area contributed by atoms with Crippen LogP contribution >= 0.6 is 0 Å². The van der Waals surface area contributed by atoms with Crippen LogP contribution in [0, 0.1) is 19.7 Å². The summed E-state index contributed by atoms with van der Waals surface area (Å²) in [6.45, 7) is 7.70. The van der Waals surface area contributed by atoms with Crippen LogP contribution < -0.4 is 5.32 Å². The zero-order valence-corrected chi connectivity index (χ0v) is 12.6. The van der Waals surface area contributed by atoms with Gasteiger partial charge < -0.3 is 5.32 Å². The Morgan fingerprint density at radius 1 is 1.38 bits per heavy atom. The molecular formula is C15H19FN4O. The molecule has 5 nitrogen and oxygen atoms in total. The average molecular weight is 290 g/mol. The molecule has 0 unspecified atom stereocenters. The van der Waals surface area contributed by atoms with Crippen molar-refractivity contribution >= 4 is 5.91 Å². The van der Waals surface area contributed by atoms with Gasteiger partial charge in [-0.2, -0.15) is 5.10 Å². The number of halogens is 1. The van der Waals surface area contributed by atoms with Crippen molar-refractivity contribution in [2.24, 2.45) is 0 Å². The molecule has 6 heteroatoms. The molecule has 112 valence electrons. The SMILES string of the molecule is Cc1cc(C(=O)NCc2ncnn2C(C)C)cc(F)c1C. The van der Waals surface area contributed by atoms with Crippen LogP contribution in [0.4, 0.5) is 4.39 Å². The minimum absolute atomic E-state index is 0.165. The Labute approximate surface area is 123 Å². The predicted molar refractivity (Wildman–Crippen MR) is 77.5 cm³/mol. The zero-order chi connectivity index (χ0) is 15.6. The largest absolute Gasteiger partial charge is 0.345 e. The Kier molecular flexibility index (Phi) is 4.35. The van der Waals surface area contributed by atoms with E-state index >= 15 is 0 Å². The molecule has 0 spiro atoms. The van der Waals surface area contributed by atoms with Crippen molar-refractivity contribution < 1.29 is 9.18 Å². The molecule has 0 atom stereocenters. The lowest BCUT2D eigenvalue weighted by molar-refractivity contribution is 0.0948. The molecule has 0 fully saturated rings. The van der Waals surface area contributed by atoms with Crippen LogP contribution in [0.5, 0.6) is 0 Å². The zero-order valence-electron chi connectivity index (χ0n) is 12.6. The molecule has 0 aliphatic heterocycles. The highest BCUT2D eigenvalue weighted by Gasteiger charge is 2.13.